The van der Waals surface area contributed by atoms with E-state index in [0.29, 0.717) is 11.4 Å². The Morgan fingerprint density at radius 1 is 0.974 bits per heavy atom. The first-order valence-corrected chi connectivity index (χ1v) is 13.9. The van der Waals surface area contributed by atoms with Gasteiger partial charge in [-0.1, -0.05) is 42.0 Å². The number of rotatable bonds is 9. The van der Waals surface area contributed by atoms with E-state index in [2.05, 4.69) is 34.2 Å². The number of nitrogens with one attached hydrogen (secondary N) is 1. The summed E-state index contributed by atoms with van der Waals surface area (Å²) in [5, 5.41) is 4.14. The molecule has 0 aliphatic carbocycles. The lowest BCUT2D eigenvalue weighted by Crippen LogP contribution is -2.39. The fourth-order valence-electron chi connectivity index (χ4n) is 4.36. The van der Waals surface area contributed by atoms with Crippen molar-refractivity contribution in [1.82, 2.24) is 9.99 Å². The van der Waals surface area contributed by atoms with E-state index in [4.69, 9.17) is 4.74 Å². The SMILES string of the molecule is COc1cccc(N(CC(=O)N/N=C/c2cc(C)n(-c3ccccc3C)c2C)S(=O)(=O)c2ccc(C)cc2)c1. The molecule has 0 aliphatic heterocycles. The number of para-hydroxylation sites is 1. The van der Waals surface area contributed by atoms with Gasteiger partial charge in [0.1, 0.15) is 12.3 Å². The summed E-state index contributed by atoms with van der Waals surface area (Å²) >= 11 is 0. The molecule has 1 amide bonds. The summed E-state index contributed by atoms with van der Waals surface area (Å²) in [6, 6.07) is 23.1. The highest BCUT2D eigenvalue weighted by atomic mass is 32.2. The lowest BCUT2D eigenvalue weighted by molar-refractivity contribution is -0.119. The third-order valence-corrected chi connectivity index (χ3v) is 8.25. The minimum atomic E-state index is -4.05. The van der Waals surface area contributed by atoms with Crippen LogP contribution in [0.25, 0.3) is 5.69 Å². The molecule has 202 valence electrons. The maximum atomic E-state index is 13.6. The number of sulfonamides is 1. The summed E-state index contributed by atoms with van der Waals surface area (Å²) in [6.45, 7) is 7.46. The van der Waals surface area contributed by atoms with Crippen LogP contribution in [0.2, 0.25) is 0 Å². The molecule has 8 nitrogen and oxygen atoms in total. The number of hydrogen-bond acceptors (Lipinski definition) is 5. The van der Waals surface area contributed by atoms with Gasteiger partial charge in [-0.2, -0.15) is 5.10 Å². The van der Waals surface area contributed by atoms with E-state index < -0.39 is 22.5 Å². The number of aryl methyl sites for hydroxylation is 3. The molecule has 1 N–H and O–H groups in total. The van der Waals surface area contributed by atoms with Gasteiger partial charge in [-0.05, 0) is 69.7 Å². The summed E-state index contributed by atoms with van der Waals surface area (Å²) < 4.78 is 35.6. The van der Waals surface area contributed by atoms with Gasteiger partial charge >= 0.3 is 0 Å². The predicted molar refractivity (Wildman–Crippen MR) is 154 cm³/mol. The maximum absolute atomic E-state index is 13.6. The Hall–Kier alpha value is -4.37. The first-order valence-electron chi connectivity index (χ1n) is 12.4. The average molecular weight is 545 g/mol. The maximum Gasteiger partial charge on any atom is 0.264 e. The number of amides is 1. The topological polar surface area (TPSA) is 93.0 Å². The summed E-state index contributed by atoms with van der Waals surface area (Å²) in [4.78, 5) is 13.0. The summed E-state index contributed by atoms with van der Waals surface area (Å²) in [5.41, 5.74) is 8.77. The number of carbonyl (C=O) groups is 1. The van der Waals surface area contributed by atoms with E-state index >= 15 is 0 Å². The highest BCUT2D eigenvalue weighted by Crippen LogP contribution is 2.27. The quantitative estimate of drug-likeness (QED) is 0.235. The number of carbonyl (C=O) groups excluding carboxylic acids is 1. The Bertz CT molecular complexity index is 1620. The number of aromatic nitrogens is 1. The van der Waals surface area contributed by atoms with Gasteiger partial charge in [0.15, 0.2) is 0 Å². The van der Waals surface area contributed by atoms with Crippen molar-refractivity contribution in [2.45, 2.75) is 32.6 Å². The molecular weight excluding hydrogens is 512 g/mol. The van der Waals surface area contributed by atoms with Crippen LogP contribution in [0.1, 0.15) is 28.1 Å². The van der Waals surface area contributed by atoms with Gasteiger partial charge < -0.3 is 9.30 Å². The third kappa shape index (κ3) is 6.04. The van der Waals surface area contributed by atoms with E-state index in [1.807, 2.05) is 39.0 Å². The fraction of sp³-hybridized carbons (Fsp3) is 0.200. The van der Waals surface area contributed by atoms with E-state index in [-0.39, 0.29) is 4.90 Å². The second kappa shape index (κ2) is 11.6. The van der Waals surface area contributed by atoms with Crippen LogP contribution in [0, 0.1) is 27.7 Å². The number of benzene rings is 3. The standard InChI is InChI=1S/C30H32N4O4S/c1-21-13-15-28(16-14-21)39(36,37)33(26-10-8-11-27(18-26)38-5)20-30(35)32-31-19-25-17-23(3)34(24(25)4)29-12-7-6-9-22(29)2/h6-19H,20H2,1-5H3,(H,32,35)/b31-19+. The smallest absolute Gasteiger partial charge is 0.264 e. The van der Waals surface area contributed by atoms with Crippen LogP contribution in [-0.2, 0) is 14.8 Å². The van der Waals surface area contributed by atoms with Gasteiger partial charge in [-0.3, -0.25) is 9.10 Å². The summed E-state index contributed by atoms with van der Waals surface area (Å²) in [6.07, 6.45) is 1.57. The van der Waals surface area contributed by atoms with Gasteiger partial charge in [0.05, 0.1) is 23.9 Å². The fourth-order valence-corrected chi connectivity index (χ4v) is 5.77. The van der Waals surface area contributed by atoms with Crippen molar-refractivity contribution in [1.29, 1.82) is 0 Å². The molecule has 0 spiro atoms. The monoisotopic (exact) mass is 544 g/mol. The number of anilines is 1. The summed E-state index contributed by atoms with van der Waals surface area (Å²) in [7, 11) is -2.55. The van der Waals surface area contributed by atoms with Crippen molar-refractivity contribution in [3.05, 3.63) is 107 Å². The predicted octanol–water partition coefficient (Wildman–Crippen LogP) is 5.07. The Morgan fingerprint density at radius 2 is 1.69 bits per heavy atom. The van der Waals surface area contributed by atoms with E-state index in [0.717, 1.165) is 38.1 Å². The van der Waals surface area contributed by atoms with Crippen LogP contribution in [0.15, 0.2) is 88.9 Å². The number of hydrogen-bond donors (Lipinski definition) is 1. The Balaban J connectivity index is 1.57. The van der Waals surface area contributed by atoms with E-state index in [1.165, 1.54) is 19.2 Å². The van der Waals surface area contributed by atoms with Gasteiger partial charge in [0.2, 0.25) is 0 Å². The van der Waals surface area contributed by atoms with Crippen molar-refractivity contribution in [2.75, 3.05) is 18.0 Å². The minimum Gasteiger partial charge on any atom is -0.497 e. The lowest BCUT2D eigenvalue weighted by atomic mass is 10.2. The highest BCUT2D eigenvalue weighted by Gasteiger charge is 2.27. The molecule has 0 aliphatic rings. The number of hydrazone groups is 1. The van der Waals surface area contributed by atoms with Crippen molar-refractivity contribution in [2.24, 2.45) is 5.10 Å². The number of ether oxygens (including phenoxy) is 1. The minimum absolute atomic E-state index is 0.0795. The molecule has 4 aromatic rings. The first kappa shape index (κ1) is 27.7. The molecule has 1 heterocycles. The van der Waals surface area contributed by atoms with Crippen molar-refractivity contribution in [3.8, 4) is 11.4 Å². The zero-order valence-corrected chi connectivity index (χ0v) is 23.5. The lowest BCUT2D eigenvalue weighted by Gasteiger charge is -2.24. The summed E-state index contributed by atoms with van der Waals surface area (Å²) in [5.74, 6) is -0.114. The van der Waals surface area contributed by atoms with Crippen LogP contribution in [-0.4, -0.2) is 38.8 Å². The van der Waals surface area contributed by atoms with E-state index in [1.54, 1.807) is 42.6 Å². The van der Waals surface area contributed by atoms with Crippen molar-refractivity contribution in [3.63, 3.8) is 0 Å². The highest BCUT2D eigenvalue weighted by molar-refractivity contribution is 7.92. The molecular formula is C30H32N4O4S. The van der Waals surface area contributed by atoms with Gasteiger partial charge in [0, 0.05) is 28.7 Å². The van der Waals surface area contributed by atoms with Crippen LogP contribution in [0.4, 0.5) is 5.69 Å². The molecule has 0 saturated carbocycles. The Morgan fingerprint density at radius 3 is 2.38 bits per heavy atom. The third-order valence-electron chi connectivity index (χ3n) is 6.46. The molecule has 0 atom stereocenters. The first-order chi connectivity index (χ1) is 18.6. The average Bonchev–Trinajstić information content (AvgIpc) is 3.20. The zero-order chi connectivity index (χ0) is 28.2. The molecule has 0 saturated heterocycles. The molecule has 0 bridgehead atoms. The van der Waals surface area contributed by atoms with Crippen molar-refractivity contribution >= 4 is 27.8 Å². The molecule has 39 heavy (non-hydrogen) atoms. The largest absolute Gasteiger partial charge is 0.497 e. The van der Waals surface area contributed by atoms with E-state index in [9.17, 15) is 13.2 Å². The molecule has 4 rings (SSSR count). The van der Waals surface area contributed by atoms with Crippen LogP contribution in [0.3, 0.4) is 0 Å². The van der Waals surface area contributed by atoms with Crippen LogP contribution >= 0.6 is 0 Å². The van der Waals surface area contributed by atoms with Gasteiger partial charge in [0.25, 0.3) is 15.9 Å². The molecule has 0 fully saturated rings. The second-order valence-electron chi connectivity index (χ2n) is 9.27. The zero-order valence-electron chi connectivity index (χ0n) is 22.7. The van der Waals surface area contributed by atoms with Crippen LogP contribution < -0.4 is 14.5 Å². The number of nitrogens with zero attached hydrogens (tertiary/aromatic N) is 3. The second-order valence-corrected chi connectivity index (χ2v) is 11.1. The normalized spacial score (nSPS) is 11.5. The molecule has 9 heteroatoms. The molecule has 3 aromatic carbocycles. The molecule has 0 radical (unpaired) electrons. The molecule has 0 unspecified atom stereocenters. The Labute approximate surface area is 229 Å². The molecule has 1 aromatic heterocycles. The number of methoxy groups -OCH3 is 1. The van der Waals surface area contributed by atoms with Gasteiger partial charge in [-0.15, -0.1) is 0 Å². The van der Waals surface area contributed by atoms with Crippen LogP contribution in [0.5, 0.6) is 5.75 Å². The van der Waals surface area contributed by atoms with Gasteiger partial charge in [-0.25, -0.2) is 13.8 Å². The van der Waals surface area contributed by atoms with Crippen molar-refractivity contribution < 1.29 is 17.9 Å². The Kier molecular flexibility index (Phi) is 8.21.